The van der Waals surface area contributed by atoms with Crippen LogP contribution in [-0.2, 0) is 0 Å². The number of pyridine rings is 2. The molecule has 0 amide bonds. The molecular formula is C26H34N6O2. The minimum Gasteiger partial charge on any atom is -0.493 e. The van der Waals surface area contributed by atoms with E-state index >= 15 is 0 Å². The predicted octanol–water partition coefficient (Wildman–Crippen LogP) is 4.35. The van der Waals surface area contributed by atoms with Gasteiger partial charge in [-0.05, 0) is 56.8 Å². The molecule has 0 bridgehead atoms. The monoisotopic (exact) mass is 462 g/mol. The first kappa shape index (κ1) is 22.8. The summed E-state index contributed by atoms with van der Waals surface area (Å²) < 4.78 is 7.35. The zero-order chi connectivity index (χ0) is 23.8. The highest BCUT2D eigenvalue weighted by molar-refractivity contribution is 5.89. The van der Waals surface area contributed by atoms with Crippen molar-refractivity contribution in [2.75, 3.05) is 27.3 Å². The van der Waals surface area contributed by atoms with Crippen LogP contribution in [0, 0.1) is 0 Å². The maximum atomic E-state index is 9.25. The molecule has 8 heteroatoms. The lowest BCUT2D eigenvalue weighted by molar-refractivity contribution is 0.146. The summed E-state index contributed by atoms with van der Waals surface area (Å²) in [4.78, 5) is 15.4. The summed E-state index contributed by atoms with van der Waals surface area (Å²) in [7, 11) is 3.78. The number of aromatic amines is 1. The Bertz CT molecular complexity index is 1290. The van der Waals surface area contributed by atoms with E-state index in [0.717, 1.165) is 54.5 Å². The number of rotatable bonds is 7. The first-order valence-electron chi connectivity index (χ1n) is 12.2. The van der Waals surface area contributed by atoms with Crippen LogP contribution < -0.4 is 4.74 Å². The third kappa shape index (κ3) is 4.05. The zero-order valence-corrected chi connectivity index (χ0v) is 20.5. The lowest BCUT2D eigenvalue weighted by atomic mass is 9.83. The number of ether oxygens (including phenoxy) is 1. The molecule has 4 aromatic rings. The van der Waals surface area contributed by atoms with Crippen molar-refractivity contribution in [2.24, 2.45) is 0 Å². The largest absolute Gasteiger partial charge is 0.493 e. The summed E-state index contributed by atoms with van der Waals surface area (Å²) in [5.41, 5.74) is 7.28. The van der Waals surface area contributed by atoms with Gasteiger partial charge in [0.25, 0.3) is 0 Å². The van der Waals surface area contributed by atoms with Gasteiger partial charge in [-0.15, -0.1) is 0 Å². The fraction of sp³-hybridized carbons (Fsp3) is 0.500. The van der Waals surface area contributed by atoms with Gasteiger partial charge < -0.3 is 19.7 Å². The Labute approximate surface area is 200 Å². The van der Waals surface area contributed by atoms with Gasteiger partial charge in [0, 0.05) is 41.5 Å². The standard InChI is InChI=1S/C26H34N6O2/c1-16(2)23-24(18-13-22(34-4)26-27-15-28-32(26)14-18)30-21-10-9-20(29-25(21)23)17-5-7-19(8-6-17)31(3)11-12-33/h9-10,13-17,19,30,33H,5-8,11-12H2,1-4H3. The second-order valence-electron chi connectivity index (χ2n) is 9.74. The van der Waals surface area contributed by atoms with E-state index in [1.165, 1.54) is 11.3 Å². The van der Waals surface area contributed by atoms with Crippen LogP contribution >= 0.6 is 0 Å². The number of nitrogens with one attached hydrogen (secondary N) is 1. The first-order chi connectivity index (χ1) is 16.5. The molecule has 0 aliphatic heterocycles. The normalized spacial score (nSPS) is 19.0. The van der Waals surface area contributed by atoms with E-state index in [-0.39, 0.29) is 6.61 Å². The van der Waals surface area contributed by atoms with Crippen molar-refractivity contribution in [2.45, 2.75) is 57.4 Å². The SMILES string of the molecule is COc1cc(-c2[nH]c3ccc(C4CCC(N(C)CCO)CC4)nc3c2C(C)C)cn2ncnc12. The van der Waals surface area contributed by atoms with Crippen molar-refractivity contribution in [3.05, 3.63) is 42.0 Å². The smallest absolute Gasteiger partial charge is 0.197 e. The summed E-state index contributed by atoms with van der Waals surface area (Å²) >= 11 is 0. The summed E-state index contributed by atoms with van der Waals surface area (Å²) in [5.74, 6) is 1.47. The van der Waals surface area contributed by atoms with Crippen molar-refractivity contribution in [1.82, 2.24) is 29.5 Å². The van der Waals surface area contributed by atoms with E-state index < -0.39 is 0 Å². The molecule has 8 nitrogen and oxygen atoms in total. The molecule has 5 rings (SSSR count). The fourth-order valence-corrected chi connectivity index (χ4v) is 5.45. The minimum absolute atomic E-state index is 0.220. The van der Waals surface area contributed by atoms with E-state index in [0.29, 0.717) is 29.3 Å². The van der Waals surface area contributed by atoms with Crippen LogP contribution in [0.4, 0.5) is 0 Å². The number of likely N-dealkylation sites (N-methyl/N-ethyl adjacent to an activating group) is 1. The molecule has 1 aliphatic carbocycles. The lowest BCUT2D eigenvalue weighted by Gasteiger charge is -2.34. The Morgan fingerprint density at radius 3 is 2.74 bits per heavy atom. The minimum atomic E-state index is 0.220. The van der Waals surface area contributed by atoms with E-state index in [1.807, 2.05) is 12.3 Å². The molecule has 4 aromatic heterocycles. The summed E-state index contributed by atoms with van der Waals surface area (Å²) in [6.45, 7) is 5.40. The molecule has 0 spiro atoms. The number of hydrogen-bond acceptors (Lipinski definition) is 6. The first-order valence-corrected chi connectivity index (χ1v) is 12.2. The number of aliphatic hydroxyl groups excluding tert-OH is 1. The number of fused-ring (bicyclic) bond motifs is 2. The maximum absolute atomic E-state index is 9.25. The maximum Gasteiger partial charge on any atom is 0.197 e. The third-order valence-electron chi connectivity index (χ3n) is 7.32. The number of aromatic nitrogens is 5. The number of nitrogens with zero attached hydrogens (tertiary/aromatic N) is 5. The van der Waals surface area contributed by atoms with E-state index in [1.54, 1.807) is 18.0 Å². The topological polar surface area (TPSA) is 91.6 Å². The number of methoxy groups -OCH3 is 1. The molecule has 2 N–H and O–H groups in total. The number of H-pyrrole nitrogens is 1. The van der Waals surface area contributed by atoms with Gasteiger partial charge in [0.15, 0.2) is 11.4 Å². The molecule has 0 aromatic carbocycles. The van der Waals surface area contributed by atoms with Crippen molar-refractivity contribution < 1.29 is 9.84 Å². The molecule has 0 atom stereocenters. The second-order valence-corrected chi connectivity index (χ2v) is 9.74. The molecule has 34 heavy (non-hydrogen) atoms. The van der Waals surface area contributed by atoms with Crippen molar-refractivity contribution >= 4 is 16.7 Å². The molecule has 1 saturated carbocycles. The third-order valence-corrected chi connectivity index (χ3v) is 7.32. The molecule has 1 aliphatic rings. The van der Waals surface area contributed by atoms with Crippen molar-refractivity contribution in [3.8, 4) is 17.0 Å². The van der Waals surface area contributed by atoms with Crippen LogP contribution in [0.15, 0.2) is 30.7 Å². The second kappa shape index (κ2) is 9.35. The average Bonchev–Trinajstić information content (AvgIpc) is 3.48. The van der Waals surface area contributed by atoms with Crippen molar-refractivity contribution in [3.63, 3.8) is 0 Å². The molecule has 0 radical (unpaired) electrons. The van der Waals surface area contributed by atoms with Crippen LogP contribution in [-0.4, -0.2) is 67.9 Å². The molecule has 4 heterocycles. The van der Waals surface area contributed by atoms with E-state index in [4.69, 9.17) is 9.72 Å². The highest BCUT2D eigenvalue weighted by Crippen LogP contribution is 2.39. The molecule has 180 valence electrons. The highest BCUT2D eigenvalue weighted by Gasteiger charge is 2.27. The molecule has 1 fully saturated rings. The van der Waals surface area contributed by atoms with Gasteiger partial charge in [0.05, 0.1) is 30.4 Å². The van der Waals surface area contributed by atoms with Gasteiger partial charge in [0.1, 0.15) is 6.33 Å². The van der Waals surface area contributed by atoms with Gasteiger partial charge in [-0.1, -0.05) is 13.8 Å². The molecular weight excluding hydrogens is 428 g/mol. The predicted molar refractivity (Wildman–Crippen MR) is 133 cm³/mol. The van der Waals surface area contributed by atoms with Crippen LogP contribution in [0.25, 0.3) is 27.9 Å². The Kier molecular flexibility index (Phi) is 6.27. The van der Waals surface area contributed by atoms with E-state index in [9.17, 15) is 5.11 Å². The summed E-state index contributed by atoms with van der Waals surface area (Å²) in [6.07, 6.45) is 8.09. The average molecular weight is 463 g/mol. The molecule has 0 unspecified atom stereocenters. The van der Waals surface area contributed by atoms with Crippen LogP contribution in [0.2, 0.25) is 0 Å². The lowest BCUT2D eigenvalue weighted by Crippen LogP contribution is -2.36. The van der Waals surface area contributed by atoms with Gasteiger partial charge >= 0.3 is 0 Å². The summed E-state index contributed by atoms with van der Waals surface area (Å²) in [6, 6.07) is 6.95. The number of hydrogen-bond donors (Lipinski definition) is 2. The van der Waals surface area contributed by atoms with Crippen LogP contribution in [0.1, 0.15) is 62.6 Å². The highest BCUT2D eigenvalue weighted by atomic mass is 16.5. The van der Waals surface area contributed by atoms with Crippen LogP contribution in [0.5, 0.6) is 5.75 Å². The Morgan fingerprint density at radius 1 is 1.24 bits per heavy atom. The fourth-order valence-electron chi connectivity index (χ4n) is 5.45. The zero-order valence-electron chi connectivity index (χ0n) is 20.5. The van der Waals surface area contributed by atoms with Gasteiger partial charge in [0.2, 0.25) is 0 Å². The quantitative estimate of drug-likeness (QED) is 0.424. The number of aliphatic hydroxyl groups is 1. The summed E-state index contributed by atoms with van der Waals surface area (Å²) in [5, 5.41) is 13.6. The van der Waals surface area contributed by atoms with Gasteiger partial charge in [-0.3, -0.25) is 4.98 Å². The molecule has 0 saturated heterocycles. The Morgan fingerprint density at radius 2 is 2.03 bits per heavy atom. The Hall–Kier alpha value is -2.97. The van der Waals surface area contributed by atoms with E-state index in [2.05, 4.69) is 53.0 Å². The van der Waals surface area contributed by atoms with Crippen molar-refractivity contribution in [1.29, 1.82) is 0 Å². The van der Waals surface area contributed by atoms with Gasteiger partial charge in [-0.25, -0.2) is 9.50 Å². The Balaban J connectivity index is 1.50. The van der Waals surface area contributed by atoms with Crippen LogP contribution in [0.3, 0.4) is 0 Å². The van der Waals surface area contributed by atoms with Gasteiger partial charge in [-0.2, -0.15) is 5.10 Å².